The van der Waals surface area contributed by atoms with Gasteiger partial charge in [-0.1, -0.05) is 12.5 Å². The maximum absolute atomic E-state index is 13.8. The molecule has 3 rings (SSSR count). The number of piperidine rings is 1. The molecule has 2 fully saturated rings. The summed E-state index contributed by atoms with van der Waals surface area (Å²) in [6, 6.07) is 5.71. The van der Waals surface area contributed by atoms with E-state index in [1.165, 1.54) is 31.9 Å². The number of nitrogens with two attached hydrogens (primary N) is 1. The largest absolute Gasteiger partial charge is 0.399 e. The zero-order valence-electron chi connectivity index (χ0n) is 11.3. The molecule has 1 atom stereocenters. The number of nitrogens with zero attached hydrogens (tertiary/aromatic N) is 2. The van der Waals surface area contributed by atoms with Gasteiger partial charge in [0, 0.05) is 43.5 Å². The summed E-state index contributed by atoms with van der Waals surface area (Å²) in [6.07, 6.45) is 3.97. The first-order valence-electron chi connectivity index (χ1n) is 7.23. The van der Waals surface area contributed by atoms with E-state index in [0.29, 0.717) is 18.3 Å². The molecule has 4 heteroatoms. The molecule has 0 radical (unpaired) electrons. The summed E-state index contributed by atoms with van der Waals surface area (Å²) in [6.45, 7) is 5.19. The highest BCUT2D eigenvalue weighted by Gasteiger charge is 2.28. The van der Waals surface area contributed by atoms with Gasteiger partial charge in [0.05, 0.1) is 0 Å². The minimum atomic E-state index is -0.175. The van der Waals surface area contributed by atoms with Crippen molar-refractivity contribution < 1.29 is 4.39 Å². The Kier molecular flexibility index (Phi) is 3.71. The van der Waals surface area contributed by atoms with Gasteiger partial charge in [0.15, 0.2) is 0 Å². The van der Waals surface area contributed by atoms with Crippen molar-refractivity contribution in [3.8, 4) is 0 Å². The molecular formula is C15H22FN3. The van der Waals surface area contributed by atoms with Crippen molar-refractivity contribution in [2.75, 3.05) is 31.9 Å². The van der Waals surface area contributed by atoms with Crippen LogP contribution < -0.4 is 5.73 Å². The van der Waals surface area contributed by atoms with E-state index in [1.54, 1.807) is 6.07 Å². The third-order valence-electron chi connectivity index (χ3n) is 4.39. The highest BCUT2D eigenvalue weighted by atomic mass is 19.1. The van der Waals surface area contributed by atoms with Crippen molar-refractivity contribution >= 4 is 5.69 Å². The molecule has 0 spiro atoms. The van der Waals surface area contributed by atoms with Crippen LogP contribution in [0.1, 0.15) is 24.8 Å². The lowest BCUT2D eigenvalue weighted by molar-refractivity contribution is 0.0452. The Balaban J connectivity index is 1.64. The molecule has 2 heterocycles. The SMILES string of the molecule is Nc1ccc(CN2CCN3CCCCC3C2)c(F)c1. The second-order valence-corrected chi connectivity index (χ2v) is 5.77. The van der Waals surface area contributed by atoms with Crippen LogP contribution in [0.4, 0.5) is 10.1 Å². The Bertz CT molecular complexity index is 449. The summed E-state index contributed by atoms with van der Waals surface area (Å²) in [4.78, 5) is 4.97. The Hall–Kier alpha value is -1.13. The number of hydrogen-bond acceptors (Lipinski definition) is 3. The van der Waals surface area contributed by atoms with Crippen LogP contribution in [0.15, 0.2) is 18.2 Å². The topological polar surface area (TPSA) is 32.5 Å². The minimum Gasteiger partial charge on any atom is -0.399 e. The lowest BCUT2D eigenvalue weighted by Crippen LogP contribution is -2.54. The third-order valence-corrected chi connectivity index (χ3v) is 4.39. The van der Waals surface area contributed by atoms with Gasteiger partial charge in [0.25, 0.3) is 0 Å². The second kappa shape index (κ2) is 5.47. The zero-order chi connectivity index (χ0) is 13.2. The van der Waals surface area contributed by atoms with Crippen molar-refractivity contribution in [1.29, 1.82) is 0 Å². The highest BCUT2D eigenvalue weighted by molar-refractivity contribution is 5.40. The Morgan fingerprint density at radius 3 is 2.95 bits per heavy atom. The van der Waals surface area contributed by atoms with Crippen molar-refractivity contribution in [2.45, 2.75) is 31.8 Å². The summed E-state index contributed by atoms with van der Waals surface area (Å²) in [5, 5.41) is 0. The molecule has 0 aromatic heterocycles. The monoisotopic (exact) mass is 263 g/mol. The highest BCUT2D eigenvalue weighted by Crippen LogP contribution is 2.23. The number of anilines is 1. The molecule has 0 saturated carbocycles. The van der Waals surface area contributed by atoms with Crippen LogP contribution in [0.25, 0.3) is 0 Å². The van der Waals surface area contributed by atoms with Crippen LogP contribution in [0, 0.1) is 5.82 Å². The van der Waals surface area contributed by atoms with Crippen molar-refractivity contribution in [3.05, 3.63) is 29.6 Å². The molecule has 2 saturated heterocycles. The minimum absolute atomic E-state index is 0.175. The summed E-state index contributed by atoms with van der Waals surface area (Å²) in [5.74, 6) is -0.175. The lowest BCUT2D eigenvalue weighted by Gasteiger charge is -2.44. The average Bonchev–Trinajstić information content (AvgIpc) is 2.42. The molecule has 2 N–H and O–H groups in total. The van der Waals surface area contributed by atoms with Gasteiger partial charge in [-0.05, 0) is 31.5 Å². The summed E-state index contributed by atoms with van der Waals surface area (Å²) >= 11 is 0. The van der Waals surface area contributed by atoms with Gasteiger partial charge in [-0.25, -0.2) is 4.39 Å². The zero-order valence-corrected chi connectivity index (χ0v) is 11.3. The molecule has 0 aliphatic carbocycles. The standard InChI is InChI=1S/C15H22FN3/c16-15-9-13(17)5-4-12(15)10-18-7-8-19-6-2-1-3-14(19)11-18/h4-5,9,14H,1-3,6-8,10-11,17H2. The molecule has 19 heavy (non-hydrogen) atoms. The predicted octanol–water partition coefficient (Wildman–Crippen LogP) is 2.08. The Morgan fingerprint density at radius 2 is 2.11 bits per heavy atom. The first-order chi connectivity index (χ1) is 9.22. The number of fused-ring (bicyclic) bond motifs is 1. The van der Waals surface area contributed by atoms with E-state index < -0.39 is 0 Å². The fourth-order valence-corrected chi connectivity index (χ4v) is 3.30. The first-order valence-corrected chi connectivity index (χ1v) is 7.23. The molecule has 0 amide bonds. The third kappa shape index (κ3) is 2.90. The number of benzene rings is 1. The van der Waals surface area contributed by atoms with Crippen LogP contribution in [-0.2, 0) is 6.54 Å². The van der Waals surface area contributed by atoms with E-state index >= 15 is 0 Å². The molecule has 1 unspecified atom stereocenters. The van der Waals surface area contributed by atoms with Crippen molar-refractivity contribution in [3.63, 3.8) is 0 Å². The Labute approximate surface area is 114 Å². The average molecular weight is 263 g/mol. The summed E-state index contributed by atoms with van der Waals surface area (Å²) in [7, 11) is 0. The van der Waals surface area contributed by atoms with Gasteiger partial charge in [-0.15, -0.1) is 0 Å². The van der Waals surface area contributed by atoms with Crippen LogP contribution >= 0.6 is 0 Å². The summed E-state index contributed by atoms with van der Waals surface area (Å²) < 4.78 is 13.8. The fourth-order valence-electron chi connectivity index (χ4n) is 3.30. The lowest BCUT2D eigenvalue weighted by atomic mass is 9.99. The van der Waals surface area contributed by atoms with Crippen LogP contribution in [-0.4, -0.2) is 42.0 Å². The normalized spacial score (nSPS) is 25.2. The molecule has 1 aromatic carbocycles. The molecule has 104 valence electrons. The maximum atomic E-state index is 13.8. The van der Waals surface area contributed by atoms with Gasteiger partial charge in [-0.3, -0.25) is 9.80 Å². The van der Waals surface area contributed by atoms with Crippen LogP contribution in [0.5, 0.6) is 0 Å². The molecule has 2 aliphatic rings. The van der Waals surface area contributed by atoms with E-state index in [0.717, 1.165) is 25.2 Å². The number of hydrogen-bond donors (Lipinski definition) is 1. The van der Waals surface area contributed by atoms with Crippen molar-refractivity contribution in [2.24, 2.45) is 0 Å². The number of nitrogen functional groups attached to an aromatic ring is 1. The predicted molar refractivity (Wildman–Crippen MR) is 75.3 cm³/mol. The quantitative estimate of drug-likeness (QED) is 0.829. The fraction of sp³-hybridized carbons (Fsp3) is 0.600. The van der Waals surface area contributed by atoms with E-state index in [2.05, 4.69) is 9.80 Å². The smallest absolute Gasteiger partial charge is 0.129 e. The second-order valence-electron chi connectivity index (χ2n) is 5.77. The number of rotatable bonds is 2. The summed E-state index contributed by atoms with van der Waals surface area (Å²) in [5.41, 5.74) is 6.85. The first kappa shape index (κ1) is 12.9. The van der Waals surface area contributed by atoms with E-state index in [4.69, 9.17) is 5.73 Å². The van der Waals surface area contributed by atoms with Gasteiger partial charge in [0.2, 0.25) is 0 Å². The molecule has 2 aliphatic heterocycles. The molecular weight excluding hydrogens is 241 g/mol. The Morgan fingerprint density at radius 1 is 1.21 bits per heavy atom. The molecule has 1 aromatic rings. The van der Waals surface area contributed by atoms with Gasteiger partial charge in [-0.2, -0.15) is 0 Å². The van der Waals surface area contributed by atoms with Crippen molar-refractivity contribution in [1.82, 2.24) is 9.80 Å². The molecule has 0 bridgehead atoms. The molecule has 3 nitrogen and oxygen atoms in total. The van der Waals surface area contributed by atoms with Crippen LogP contribution in [0.2, 0.25) is 0 Å². The van der Waals surface area contributed by atoms with Gasteiger partial charge < -0.3 is 5.73 Å². The van der Waals surface area contributed by atoms with E-state index in [9.17, 15) is 4.39 Å². The number of piperazine rings is 1. The van der Waals surface area contributed by atoms with Gasteiger partial charge in [0.1, 0.15) is 5.82 Å². The van der Waals surface area contributed by atoms with E-state index in [1.807, 2.05) is 6.07 Å². The maximum Gasteiger partial charge on any atom is 0.129 e. The number of halogens is 1. The van der Waals surface area contributed by atoms with Gasteiger partial charge >= 0.3 is 0 Å². The van der Waals surface area contributed by atoms with E-state index in [-0.39, 0.29) is 5.82 Å². The van der Waals surface area contributed by atoms with Crippen LogP contribution in [0.3, 0.4) is 0 Å².